The van der Waals surface area contributed by atoms with Crippen molar-refractivity contribution in [2.45, 2.75) is 6.54 Å². The third-order valence-electron chi connectivity index (χ3n) is 4.78. The number of hydrogen-bond acceptors (Lipinski definition) is 4. The van der Waals surface area contributed by atoms with Crippen LogP contribution in [0.2, 0.25) is 0 Å². The maximum atomic E-state index is 13.1. The van der Waals surface area contributed by atoms with Crippen LogP contribution >= 0.6 is 24.0 Å². The predicted molar refractivity (Wildman–Crippen MR) is 123 cm³/mol. The van der Waals surface area contributed by atoms with Gasteiger partial charge in [-0.15, -0.1) is 24.0 Å². The molecular weight excluding hydrogens is 484 g/mol. The van der Waals surface area contributed by atoms with E-state index in [1.165, 1.54) is 12.1 Å². The Balaban J connectivity index is 0.00000240. The van der Waals surface area contributed by atoms with Gasteiger partial charge in [-0.1, -0.05) is 30.3 Å². The first-order valence-electron chi connectivity index (χ1n) is 9.24. The van der Waals surface area contributed by atoms with Crippen molar-refractivity contribution in [2.24, 2.45) is 10.7 Å². The van der Waals surface area contributed by atoms with Gasteiger partial charge in [-0.25, -0.2) is 14.4 Å². The molecule has 2 N–H and O–H groups in total. The molecule has 0 bridgehead atoms. The maximum absolute atomic E-state index is 13.1. The second-order valence-corrected chi connectivity index (χ2v) is 6.61. The number of guanidine groups is 1. The van der Waals surface area contributed by atoms with Crippen LogP contribution in [0.1, 0.15) is 5.89 Å². The van der Waals surface area contributed by atoms with Crippen molar-refractivity contribution >= 4 is 35.6 Å². The number of nitrogens with two attached hydrogens (primary N) is 1. The molecule has 1 aromatic heterocycles. The van der Waals surface area contributed by atoms with E-state index in [0.717, 1.165) is 43.2 Å². The minimum Gasteiger partial charge on any atom is -0.439 e. The molecule has 0 spiro atoms. The summed E-state index contributed by atoms with van der Waals surface area (Å²) < 4.78 is 18.8. The number of halogens is 2. The van der Waals surface area contributed by atoms with E-state index in [2.05, 4.69) is 14.9 Å². The maximum Gasteiger partial charge on any atom is 0.216 e. The molecule has 6 nitrogen and oxygen atoms in total. The Hall–Kier alpha value is -2.62. The number of rotatable bonds is 4. The summed E-state index contributed by atoms with van der Waals surface area (Å²) in [5.41, 5.74) is 8.16. The summed E-state index contributed by atoms with van der Waals surface area (Å²) in [4.78, 5) is 13.0. The zero-order chi connectivity index (χ0) is 19.3. The zero-order valence-corrected chi connectivity index (χ0v) is 18.2. The average molecular weight is 507 g/mol. The van der Waals surface area contributed by atoms with E-state index in [-0.39, 0.29) is 29.8 Å². The van der Waals surface area contributed by atoms with Crippen molar-refractivity contribution in [3.05, 3.63) is 72.5 Å². The molecule has 1 saturated heterocycles. The molecule has 1 fully saturated rings. The van der Waals surface area contributed by atoms with Gasteiger partial charge in [0.05, 0.1) is 6.20 Å². The van der Waals surface area contributed by atoms with Gasteiger partial charge in [0.25, 0.3) is 0 Å². The first-order chi connectivity index (χ1) is 13.7. The van der Waals surface area contributed by atoms with Crippen molar-refractivity contribution in [3.63, 3.8) is 0 Å². The normalized spacial score (nSPS) is 14.6. The standard InChI is InChI=1S/C21H22FN5O.HI/c22-17-6-8-18(9-7-17)26-10-12-27(13-11-26)21(23)25-15-20-24-14-19(28-20)16-4-2-1-3-5-16;/h1-9,14H,10-13,15H2,(H2,23,25);1H. The summed E-state index contributed by atoms with van der Waals surface area (Å²) >= 11 is 0. The number of aromatic nitrogens is 1. The fourth-order valence-electron chi connectivity index (χ4n) is 3.21. The molecule has 0 saturated carbocycles. The highest BCUT2D eigenvalue weighted by Gasteiger charge is 2.18. The van der Waals surface area contributed by atoms with Crippen LogP contribution in [0.3, 0.4) is 0 Å². The minimum atomic E-state index is -0.222. The topological polar surface area (TPSA) is 70.9 Å². The number of oxazole rings is 1. The Labute approximate surface area is 186 Å². The molecule has 3 aromatic rings. The van der Waals surface area contributed by atoms with Gasteiger partial charge in [-0.2, -0.15) is 0 Å². The molecular formula is C21H23FIN5O. The van der Waals surface area contributed by atoms with Gasteiger partial charge < -0.3 is 20.0 Å². The van der Waals surface area contributed by atoms with Gasteiger partial charge in [0.15, 0.2) is 11.7 Å². The summed E-state index contributed by atoms with van der Waals surface area (Å²) in [7, 11) is 0. The highest BCUT2D eigenvalue weighted by atomic mass is 127. The van der Waals surface area contributed by atoms with Crippen molar-refractivity contribution in [1.82, 2.24) is 9.88 Å². The number of aliphatic imine (C=N–C) groups is 1. The Bertz CT molecular complexity index is 937. The second kappa shape index (κ2) is 9.73. The van der Waals surface area contributed by atoms with E-state index < -0.39 is 0 Å². The zero-order valence-electron chi connectivity index (χ0n) is 15.9. The number of benzene rings is 2. The molecule has 8 heteroatoms. The summed E-state index contributed by atoms with van der Waals surface area (Å²) in [6, 6.07) is 16.4. The van der Waals surface area contributed by atoms with Crippen LogP contribution in [0.5, 0.6) is 0 Å². The Morgan fingerprint density at radius 1 is 1.03 bits per heavy atom. The van der Waals surface area contributed by atoms with Crippen LogP contribution in [0.25, 0.3) is 11.3 Å². The van der Waals surface area contributed by atoms with Gasteiger partial charge in [-0.05, 0) is 24.3 Å². The molecule has 1 aliphatic rings. The van der Waals surface area contributed by atoms with E-state index in [1.54, 1.807) is 18.3 Å². The van der Waals surface area contributed by atoms with E-state index in [4.69, 9.17) is 10.2 Å². The van der Waals surface area contributed by atoms with Crippen LogP contribution < -0.4 is 10.6 Å². The molecule has 0 unspecified atom stereocenters. The minimum absolute atomic E-state index is 0. The summed E-state index contributed by atoms with van der Waals surface area (Å²) in [6.07, 6.45) is 1.71. The van der Waals surface area contributed by atoms with Gasteiger partial charge >= 0.3 is 0 Å². The Morgan fingerprint density at radius 2 is 1.72 bits per heavy atom. The van der Waals surface area contributed by atoms with Crippen LogP contribution in [0.4, 0.5) is 10.1 Å². The highest BCUT2D eigenvalue weighted by molar-refractivity contribution is 14.0. The molecule has 0 aliphatic carbocycles. The molecule has 0 atom stereocenters. The summed E-state index contributed by atoms with van der Waals surface area (Å²) in [5, 5.41) is 0. The molecule has 0 radical (unpaired) electrons. The van der Waals surface area contributed by atoms with Gasteiger partial charge in [-0.3, -0.25) is 0 Å². The smallest absolute Gasteiger partial charge is 0.216 e. The summed E-state index contributed by atoms with van der Waals surface area (Å²) in [5.74, 6) is 1.52. The van der Waals surface area contributed by atoms with Gasteiger partial charge in [0.2, 0.25) is 5.89 Å². The predicted octanol–water partition coefficient (Wildman–Crippen LogP) is 3.74. The second-order valence-electron chi connectivity index (χ2n) is 6.61. The van der Waals surface area contributed by atoms with Gasteiger partial charge in [0, 0.05) is 37.4 Å². The van der Waals surface area contributed by atoms with Crippen LogP contribution in [0, 0.1) is 5.82 Å². The van der Waals surface area contributed by atoms with Crippen LogP contribution in [-0.2, 0) is 6.54 Å². The molecule has 152 valence electrons. The number of piperazine rings is 1. The number of hydrogen-bond donors (Lipinski definition) is 1. The molecule has 1 aliphatic heterocycles. The van der Waals surface area contributed by atoms with E-state index in [1.807, 2.05) is 35.2 Å². The molecule has 0 amide bonds. The summed E-state index contributed by atoms with van der Waals surface area (Å²) in [6.45, 7) is 3.43. The van der Waals surface area contributed by atoms with Crippen molar-refractivity contribution in [3.8, 4) is 11.3 Å². The number of anilines is 1. The average Bonchev–Trinajstić information content (AvgIpc) is 3.22. The Morgan fingerprint density at radius 3 is 2.41 bits per heavy atom. The molecule has 29 heavy (non-hydrogen) atoms. The molecule has 2 heterocycles. The lowest BCUT2D eigenvalue weighted by Gasteiger charge is -2.36. The molecule has 4 rings (SSSR count). The lowest BCUT2D eigenvalue weighted by Crippen LogP contribution is -2.51. The van der Waals surface area contributed by atoms with E-state index >= 15 is 0 Å². The van der Waals surface area contributed by atoms with Gasteiger partial charge in [0.1, 0.15) is 12.4 Å². The van der Waals surface area contributed by atoms with Crippen molar-refractivity contribution < 1.29 is 8.81 Å². The Kier molecular flexibility index (Phi) is 7.08. The molecule has 2 aromatic carbocycles. The fourth-order valence-corrected chi connectivity index (χ4v) is 3.21. The van der Waals surface area contributed by atoms with E-state index in [0.29, 0.717) is 18.4 Å². The first kappa shape index (κ1) is 21.1. The third-order valence-corrected chi connectivity index (χ3v) is 4.78. The van der Waals surface area contributed by atoms with Crippen molar-refractivity contribution in [1.29, 1.82) is 0 Å². The highest BCUT2D eigenvalue weighted by Crippen LogP contribution is 2.20. The van der Waals surface area contributed by atoms with Crippen LogP contribution in [0.15, 0.2) is 70.2 Å². The quantitative estimate of drug-likeness (QED) is 0.331. The van der Waals surface area contributed by atoms with E-state index in [9.17, 15) is 4.39 Å². The van der Waals surface area contributed by atoms with Crippen LogP contribution in [-0.4, -0.2) is 42.0 Å². The SMILES string of the molecule is I.NC(=NCc1ncc(-c2ccccc2)o1)N1CCN(c2ccc(F)cc2)CC1. The largest absolute Gasteiger partial charge is 0.439 e. The number of nitrogens with zero attached hydrogens (tertiary/aromatic N) is 4. The lowest BCUT2D eigenvalue weighted by atomic mass is 10.2. The fraction of sp³-hybridized carbons (Fsp3) is 0.238. The monoisotopic (exact) mass is 507 g/mol. The first-order valence-corrected chi connectivity index (χ1v) is 9.24. The van der Waals surface area contributed by atoms with Crippen molar-refractivity contribution in [2.75, 3.05) is 31.1 Å². The third kappa shape index (κ3) is 5.26. The lowest BCUT2D eigenvalue weighted by molar-refractivity contribution is 0.379.